The number of carbonyl (C=O) groups is 1. The Kier molecular flexibility index (Phi) is 1.71. The van der Waals surface area contributed by atoms with Gasteiger partial charge in [-0.05, 0) is 24.7 Å². The van der Waals surface area contributed by atoms with Gasteiger partial charge in [-0.1, -0.05) is 6.92 Å². The van der Waals surface area contributed by atoms with Crippen molar-refractivity contribution in [1.29, 1.82) is 0 Å². The zero-order valence-corrected chi connectivity index (χ0v) is 7.52. The maximum absolute atomic E-state index is 10.9. The van der Waals surface area contributed by atoms with E-state index in [4.69, 9.17) is 0 Å². The summed E-state index contributed by atoms with van der Waals surface area (Å²) in [4.78, 5) is 10.9. The lowest BCUT2D eigenvalue weighted by molar-refractivity contribution is -0.114. The van der Waals surface area contributed by atoms with Crippen LogP contribution >= 0.6 is 0 Å². The monoisotopic (exact) mass is 165 g/mol. The highest BCUT2D eigenvalue weighted by Gasteiger charge is 2.36. The largest absolute Gasteiger partial charge is 0.388 e. The maximum Gasteiger partial charge on any atom is 0.157 e. The first-order valence-electron chi connectivity index (χ1n) is 4.65. The molecule has 0 atom stereocenters. The Balaban J connectivity index is 1.80. The van der Waals surface area contributed by atoms with Gasteiger partial charge in [-0.2, -0.15) is 0 Å². The molecule has 0 heterocycles. The van der Waals surface area contributed by atoms with E-state index in [9.17, 15) is 4.79 Å². The molecule has 1 N–H and O–H groups in total. The molecule has 2 nitrogen and oxygen atoms in total. The van der Waals surface area contributed by atoms with Crippen LogP contribution < -0.4 is 5.32 Å². The molecule has 0 aromatic rings. The summed E-state index contributed by atoms with van der Waals surface area (Å²) in [6, 6.07) is 0. The van der Waals surface area contributed by atoms with Gasteiger partial charge in [0.2, 0.25) is 0 Å². The van der Waals surface area contributed by atoms with Crippen molar-refractivity contribution in [3.05, 3.63) is 11.8 Å². The maximum atomic E-state index is 10.9. The molecule has 0 saturated heterocycles. The standard InChI is InChI=1S/C10H15NO/c1-10(4-5-10)7-11-8-2-3-9(12)6-8/h6,11H,2-5,7H2,1H3. The summed E-state index contributed by atoms with van der Waals surface area (Å²) < 4.78 is 0. The van der Waals surface area contributed by atoms with E-state index < -0.39 is 0 Å². The molecule has 0 amide bonds. The topological polar surface area (TPSA) is 29.1 Å². The molecule has 0 aromatic heterocycles. The van der Waals surface area contributed by atoms with E-state index in [0.717, 1.165) is 18.7 Å². The van der Waals surface area contributed by atoms with Gasteiger partial charge in [0.25, 0.3) is 0 Å². The fourth-order valence-corrected chi connectivity index (χ4v) is 1.45. The number of ketones is 1. The third-order valence-corrected chi connectivity index (χ3v) is 2.82. The molecule has 2 heteroatoms. The second-order valence-corrected chi connectivity index (χ2v) is 4.30. The predicted octanol–water partition coefficient (Wildman–Crippen LogP) is 1.62. The van der Waals surface area contributed by atoms with Crippen molar-refractivity contribution in [3.8, 4) is 0 Å². The average Bonchev–Trinajstić information content (AvgIpc) is 2.60. The minimum absolute atomic E-state index is 0.276. The third-order valence-electron chi connectivity index (χ3n) is 2.82. The van der Waals surface area contributed by atoms with Gasteiger partial charge >= 0.3 is 0 Å². The molecule has 0 radical (unpaired) electrons. The smallest absolute Gasteiger partial charge is 0.157 e. The summed E-state index contributed by atoms with van der Waals surface area (Å²) in [5.41, 5.74) is 1.68. The van der Waals surface area contributed by atoms with Crippen molar-refractivity contribution in [2.75, 3.05) is 6.54 Å². The van der Waals surface area contributed by atoms with Crippen molar-refractivity contribution >= 4 is 5.78 Å². The molecule has 0 spiro atoms. The van der Waals surface area contributed by atoms with Gasteiger partial charge in [0.05, 0.1) is 0 Å². The summed E-state index contributed by atoms with van der Waals surface area (Å²) in [6.07, 6.45) is 6.06. The van der Waals surface area contributed by atoms with Crippen LogP contribution in [0.5, 0.6) is 0 Å². The van der Waals surface area contributed by atoms with Crippen LogP contribution in [0.3, 0.4) is 0 Å². The first-order chi connectivity index (χ1) is 5.68. The molecule has 2 aliphatic carbocycles. The second kappa shape index (κ2) is 2.61. The summed E-state index contributed by atoms with van der Waals surface area (Å²) >= 11 is 0. The minimum atomic E-state index is 0.276. The SMILES string of the molecule is CC1(CNC2=CC(=O)CC2)CC1. The van der Waals surface area contributed by atoms with E-state index >= 15 is 0 Å². The average molecular weight is 165 g/mol. The lowest BCUT2D eigenvalue weighted by atomic mass is 10.1. The van der Waals surface area contributed by atoms with Crippen LogP contribution in [-0.4, -0.2) is 12.3 Å². The van der Waals surface area contributed by atoms with Crippen molar-refractivity contribution in [2.45, 2.75) is 32.6 Å². The summed E-state index contributed by atoms with van der Waals surface area (Å²) in [6.45, 7) is 3.34. The van der Waals surface area contributed by atoms with E-state index in [2.05, 4.69) is 12.2 Å². The molecule has 1 saturated carbocycles. The Labute approximate surface area is 73.0 Å². The zero-order chi connectivity index (χ0) is 8.60. The molecular formula is C10H15NO. The van der Waals surface area contributed by atoms with Crippen molar-refractivity contribution in [1.82, 2.24) is 5.32 Å². The van der Waals surface area contributed by atoms with E-state index in [0.29, 0.717) is 11.8 Å². The number of hydrogen-bond acceptors (Lipinski definition) is 2. The lowest BCUT2D eigenvalue weighted by Crippen LogP contribution is -2.20. The van der Waals surface area contributed by atoms with Crippen molar-refractivity contribution < 1.29 is 4.79 Å². The molecule has 0 aromatic carbocycles. The quantitative estimate of drug-likeness (QED) is 0.688. The van der Waals surface area contributed by atoms with E-state index in [1.807, 2.05) is 0 Å². The van der Waals surface area contributed by atoms with Crippen molar-refractivity contribution in [3.63, 3.8) is 0 Å². The number of allylic oxidation sites excluding steroid dienone is 2. The Morgan fingerprint density at radius 2 is 2.25 bits per heavy atom. The number of carbonyl (C=O) groups excluding carboxylic acids is 1. The van der Waals surface area contributed by atoms with Crippen LogP contribution in [-0.2, 0) is 4.79 Å². The van der Waals surface area contributed by atoms with E-state index in [1.54, 1.807) is 6.08 Å². The predicted molar refractivity (Wildman–Crippen MR) is 47.7 cm³/mol. The minimum Gasteiger partial charge on any atom is -0.388 e. The van der Waals surface area contributed by atoms with Crippen LogP contribution in [0.25, 0.3) is 0 Å². The van der Waals surface area contributed by atoms with Gasteiger partial charge in [0.15, 0.2) is 5.78 Å². The van der Waals surface area contributed by atoms with Crippen LogP contribution in [0.4, 0.5) is 0 Å². The fraction of sp³-hybridized carbons (Fsp3) is 0.700. The number of rotatable bonds is 3. The zero-order valence-electron chi connectivity index (χ0n) is 7.52. The Morgan fingerprint density at radius 1 is 1.50 bits per heavy atom. The van der Waals surface area contributed by atoms with Crippen LogP contribution in [0.2, 0.25) is 0 Å². The molecule has 2 rings (SSSR count). The lowest BCUT2D eigenvalue weighted by Gasteiger charge is -2.11. The van der Waals surface area contributed by atoms with Crippen molar-refractivity contribution in [2.24, 2.45) is 5.41 Å². The van der Waals surface area contributed by atoms with Gasteiger partial charge in [0.1, 0.15) is 0 Å². The highest BCUT2D eigenvalue weighted by Crippen LogP contribution is 2.44. The Hall–Kier alpha value is -0.790. The van der Waals surface area contributed by atoms with Gasteiger partial charge in [0, 0.05) is 24.7 Å². The molecule has 1 fully saturated rings. The van der Waals surface area contributed by atoms with E-state index in [-0.39, 0.29) is 5.78 Å². The molecule has 2 aliphatic rings. The first kappa shape index (κ1) is 7.84. The highest BCUT2D eigenvalue weighted by atomic mass is 16.1. The number of hydrogen-bond donors (Lipinski definition) is 1. The highest BCUT2D eigenvalue weighted by molar-refractivity contribution is 5.92. The van der Waals surface area contributed by atoms with E-state index in [1.165, 1.54) is 12.8 Å². The summed E-state index contributed by atoms with van der Waals surface area (Å²) in [5.74, 6) is 0.276. The first-order valence-corrected chi connectivity index (χ1v) is 4.65. The van der Waals surface area contributed by atoms with Gasteiger partial charge < -0.3 is 5.32 Å². The third kappa shape index (κ3) is 1.68. The molecule has 0 aliphatic heterocycles. The fourth-order valence-electron chi connectivity index (χ4n) is 1.45. The molecule has 0 bridgehead atoms. The van der Waals surface area contributed by atoms with Crippen LogP contribution in [0.1, 0.15) is 32.6 Å². The normalized spacial score (nSPS) is 25.4. The molecular weight excluding hydrogens is 150 g/mol. The second-order valence-electron chi connectivity index (χ2n) is 4.30. The van der Waals surface area contributed by atoms with Gasteiger partial charge in [-0.25, -0.2) is 0 Å². The molecule has 0 unspecified atom stereocenters. The Bertz CT molecular complexity index is 238. The van der Waals surface area contributed by atoms with Crippen LogP contribution in [0, 0.1) is 5.41 Å². The Morgan fingerprint density at radius 3 is 2.75 bits per heavy atom. The summed E-state index contributed by atoms with van der Waals surface area (Å²) in [5, 5.41) is 3.35. The van der Waals surface area contributed by atoms with Gasteiger partial charge in [-0.3, -0.25) is 4.79 Å². The van der Waals surface area contributed by atoms with Crippen LogP contribution in [0.15, 0.2) is 11.8 Å². The molecule has 12 heavy (non-hydrogen) atoms. The number of nitrogens with one attached hydrogen (secondary N) is 1. The van der Waals surface area contributed by atoms with Gasteiger partial charge in [-0.15, -0.1) is 0 Å². The molecule has 66 valence electrons. The summed E-state index contributed by atoms with van der Waals surface area (Å²) in [7, 11) is 0.